The molecule has 5 heteroatoms. The van der Waals surface area contributed by atoms with E-state index in [9.17, 15) is 4.53 Å². The van der Waals surface area contributed by atoms with Crippen molar-refractivity contribution in [1.82, 2.24) is 5.39 Å². The minimum atomic E-state index is -1.04. The maximum Gasteiger partial charge on any atom is 0.106 e. The van der Waals surface area contributed by atoms with Gasteiger partial charge in [-0.25, -0.2) is 0 Å². The molecule has 0 aromatic carbocycles. The van der Waals surface area contributed by atoms with Gasteiger partial charge >= 0.3 is 0 Å². The molecule has 0 amide bonds. The van der Waals surface area contributed by atoms with Crippen LogP contribution >= 0.6 is 0 Å². The summed E-state index contributed by atoms with van der Waals surface area (Å²) in [5.74, 6) is 0. The quantitative estimate of drug-likeness (QED) is 0.434. The smallest absolute Gasteiger partial charge is 0.106 e. The van der Waals surface area contributed by atoms with Crippen LogP contribution in [0.25, 0.3) is 0 Å². The fourth-order valence-electron chi connectivity index (χ4n) is 0. The number of halogens is 1. The van der Waals surface area contributed by atoms with Crippen molar-refractivity contribution in [2.24, 2.45) is 0 Å². The van der Waals surface area contributed by atoms with E-state index in [-0.39, 0.29) is 0 Å². The molecule has 4 nitrogen and oxygen atoms in total. The standard InChI is InChI=1S/FH2NO3/c1-5-2(3)4/h3-4H. The second kappa shape index (κ2) is 2.04. The van der Waals surface area contributed by atoms with Gasteiger partial charge in [0.15, 0.2) is 0 Å². The van der Waals surface area contributed by atoms with Crippen LogP contribution in [0.2, 0.25) is 0 Å². The van der Waals surface area contributed by atoms with Crippen LogP contribution in [0.4, 0.5) is 4.53 Å². The first-order chi connectivity index (χ1) is 2.27. The summed E-state index contributed by atoms with van der Waals surface area (Å²) in [6.07, 6.45) is 0. The summed E-state index contributed by atoms with van der Waals surface area (Å²) in [6, 6.07) is 0. The summed E-state index contributed by atoms with van der Waals surface area (Å²) < 4.78 is 10.0. The van der Waals surface area contributed by atoms with Gasteiger partial charge in [-0.1, -0.05) is 0 Å². The zero-order valence-corrected chi connectivity index (χ0v) is 2.13. The van der Waals surface area contributed by atoms with Gasteiger partial charge in [0.2, 0.25) is 0 Å². The molecule has 0 aromatic rings. The van der Waals surface area contributed by atoms with Crippen LogP contribution in [0.3, 0.4) is 0 Å². The van der Waals surface area contributed by atoms with E-state index in [0.29, 0.717) is 0 Å². The van der Waals surface area contributed by atoms with Crippen molar-refractivity contribution in [2.75, 3.05) is 0 Å². The highest BCUT2D eigenvalue weighted by Crippen LogP contribution is 1.70. The molecule has 0 aliphatic carbocycles. The molecule has 0 unspecified atom stereocenters. The van der Waals surface area contributed by atoms with Gasteiger partial charge in [-0.3, -0.25) is 10.4 Å². The van der Waals surface area contributed by atoms with E-state index in [2.05, 4.69) is 5.04 Å². The summed E-state index contributed by atoms with van der Waals surface area (Å²) in [5.41, 5.74) is 0. The zero-order chi connectivity index (χ0) is 4.28. The van der Waals surface area contributed by atoms with Gasteiger partial charge in [0.05, 0.1) is 0 Å². The molecule has 0 saturated heterocycles. The minimum Gasteiger partial charge on any atom is -0.264 e. The highest BCUT2D eigenvalue weighted by molar-refractivity contribution is 3.25. The molecule has 0 aromatic heterocycles. The summed E-state index contributed by atoms with van der Waals surface area (Å²) in [7, 11) is 0. The minimum absolute atomic E-state index is 1.04. The topological polar surface area (TPSA) is 52.9 Å². The van der Waals surface area contributed by atoms with Crippen molar-refractivity contribution in [3.05, 3.63) is 0 Å². The summed E-state index contributed by atoms with van der Waals surface area (Å²) >= 11 is 0. The molecule has 0 radical (unpaired) electrons. The lowest BCUT2D eigenvalue weighted by Gasteiger charge is -1.89. The number of rotatable bonds is 1. The first-order valence-electron chi connectivity index (χ1n) is 0.737. The van der Waals surface area contributed by atoms with Gasteiger partial charge in [-0.05, 0) is 9.57 Å². The Kier molecular flexibility index (Phi) is 1.94. The monoisotopic (exact) mass is 83.0 g/mol. The number of nitrogens with zero attached hydrogens (tertiary/aromatic N) is 1. The fraction of sp³-hybridized carbons (Fsp3) is 0. The van der Waals surface area contributed by atoms with Gasteiger partial charge in [0.1, 0.15) is 5.39 Å². The molecule has 0 heterocycles. The third-order valence-electron chi connectivity index (χ3n) is 0.0617. The number of hydrogen-bond donors (Lipinski definition) is 2. The van der Waals surface area contributed by atoms with Gasteiger partial charge < -0.3 is 0 Å². The molecule has 0 rings (SSSR count). The second-order valence-corrected chi connectivity index (χ2v) is 0.322. The van der Waals surface area contributed by atoms with Crippen LogP contribution in [0.15, 0.2) is 0 Å². The van der Waals surface area contributed by atoms with E-state index in [4.69, 9.17) is 10.4 Å². The van der Waals surface area contributed by atoms with Crippen molar-refractivity contribution in [2.45, 2.75) is 0 Å². The molecule has 0 fully saturated rings. The molecular weight excluding hydrogens is 81.0 g/mol. The average molecular weight is 83.0 g/mol. The van der Waals surface area contributed by atoms with Gasteiger partial charge in [0.25, 0.3) is 0 Å². The summed E-state index contributed by atoms with van der Waals surface area (Å²) in [4.78, 5) is 0. The molecule has 32 valence electrons. The predicted octanol–water partition coefficient (Wildman–Crippen LogP) is -0.117. The van der Waals surface area contributed by atoms with E-state index in [1.165, 1.54) is 0 Å². The lowest BCUT2D eigenvalue weighted by molar-refractivity contribution is -0.560. The highest BCUT2D eigenvalue weighted by Gasteiger charge is 1.82. The third kappa shape index (κ3) is 3.77. The molecule has 0 spiro atoms. The Morgan fingerprint density at radius 1 is 1.60 bits per heavy atom. The molecule has 0 saturated carbocycles. The van der Waals surface area contributed by atoms with Crippen molar-refractivity contribution in [1.29, 1.82) is 0 Å². The normalized spacial score (nSPS) is 9.60. The SMILES string of the molecule is ON(O)OF. The predicted molar refractivity (Wildman–Crippen MR) is 7.61 cm³/mol. The Balaban J connectivity index is 2.54. The second-order valence-electron chi connectivity index (χ2n) is 0.322. The van der Waals surface area contributed by atoms with E-state index in [1.807, 2.05) is 0 Å². The third-order valence-corrected chi connectivity index (χ3v) is 0.0617. The molecule has 0 bridgehead atoms. The summed E-state index contributed by atoms with van der Waals surface area (Å²) in [6.45, 7) is 0. The van der Waals surface area contributed by atoms with Crippen LogP contribution in [-0.2, 0) is 5.04 Å². The van der Waals surface area contributed by atoms with Crippen LogP contribution in [0.1, 0.15) is 0 Å². The average Bonchev–Trinajstić information content (AvgIpc) is 1.38. The number of hydrogen-bond acceptors (Lipinski definition) is 4. The lowest BCUT2D eigenvalue weighted by atomic mass is 13.0. The van der Waals surface area contributed by atoms with Crippen LogP contribution in [0, 0.1) is 0 Å². The maximum atomic E-state index is 10.0. The Morgan fingerprint density at radius 2 is 1.80 bits per heavy atom. The van der Waals surface area contributed by atoms with Gasteiger partial charge in [0, 0.05) is 0 Å². The molecule has 0 aliphatic rings. The van der Waals surface area contributed by atoms with Crippen LogP contribution in [-0.4, -0.2) is 15.8 Å². The molecule has 2 N–H and O–H groups in total. The van der Waals surface area contributed by atoms with E-state index >= 15 is 0 Å². The van der Waals surface area contributed by atoms with Crippen LogP contribution in [0.5, 0.6) is 0 Å². The summed E-state index contributed by atoms with van der Waals surface area (Å²) in [5, 5.41) is 15.5. The van der Waals surface area contributed by atoms with Gasteiger partial charge in [-0.15, -0.1) is 0 Å². The Morgan fingerprint density at radius 3 is 1.80 bits per heavy atom. The van der Waals surface area contributed by atoms with Crippen molar-refractivity contribution >= 4 is 0 Å². The zero-order valence-electron chi connectivity index (χ0n) is 2.13. The van der Waals surface area contributed by atoms with Crippen molar-refractivity contribution in [3.8, 4) is 0 Å². The molecular formula is H2FNO3. The Bertz CT molecular complexity index is 20.9. The lowest BCUT2D eigenvalue weighted by Crippen LogP contribution is -2.07. The molecule has 0 aliphatic heterocycles. The first-order valence-corrected chi connectivity index (χ1v) is 0.737. The van der Waals surface area contributed by atoms with Crippen molar-refractivity contribution in [3.63, 3.8) is 0 Å². The van der Waals surface area contributed by atoms with Crippen LogP contribution < -0.4 is 0 Å². The van der Waals surface area contributed by atoms with Gasteiger partial charge in [-0.2, -0.15) is 0 Å². The molecule has 0 atom stereocenters. The highest BCUT2D eigenvalue weighted by atomic mass is 19.3. The maximum absolute atomic E-state index is 10.0. The Hall–Kier alpha value is -0.230. The van der Waals surface area contributed by atoms with E-state index in [1.54, 1.807) is 0 Å². The van der Waals surface area contributed by atoms with E-state index < -0.39 is 5.39 Å². The first kappa shape index (κ1) is 4.77. The van der Waals surface area contributed by atoms with E-state index in [0.717, 1.165) is 0 Å². The fourth-order valence-corrected chi connectivity index (χ4v) is 0. The Labute approximate surface area is 26.8 Å². The molecule has 5 heavy (non-hydrogen) atoms. The van der Waals surface area contributed by atoms with Crippen molar-refractivity contribution < 1.29 is 20.0 Å². The largest absolute Gasteiger partial charge is 0.264 e.